The maximum Gasteiger partial charge on any atom is 0.280 e. The first-order chi connectivity index (χ1) is 16.4. The number of benzene rings is 1. The van der Waals surface area contributed by atoms with Crippen molar-refractivity contribution in [3.05, 3.63) is 52.0 Å². The van der Waals surface area contributed by atoms with Gasteiger partial charge in [-0.1, -0.05) is 12.1 Å². The molecule has 6 nitrogen and oxygen atoms in total. The van der Waals surface area contributed by atoms with Crippen molar-refractivity contribution in [2.75, 3.05) is 36.9 Å². The normalized spacial score (nSPS) is 19.7. The molecule has 2 fully saturated rings. The number of halogens is 2. The van der Waals surface area contributed by atoms with Crippen LogP contribution in [0.1, 0.15) is 45.8 Å². The lowest BCUT2D eigenvalue weighted by Gasteiger charge is -2.34. The van der Waals surface area contributed by atoms with Gasteiger partial charge in [-0.15, -0.1) is 11.3 Å². The lowest BCUT2D eigenvalue weighted by atomic mass is 10.1. The van der Waals surface area contributed by atoms with Crippen LogP contribution in [0.25, 0.3) is 10.2 Å². The summed E-state index contributed by atoms with van der Waals surface area (Å²) in [5, 5.41) is 10.4. The molecule has 180 valence electrons. The molecule has 2 atom stereocenters. The molecule has 0 aliphatic carbocycles. The summed E-state index contributed by atoms with van der Waals surface area (Å²) in [7, 11) is 1.73. The molecular weight excluding hydrogens is 456 g/mol. The molecule has 0 saturated carbocycles. The van der Waals surface area contributed by atoms with Gasteiger partial charge in [0.05, 0.1) is 5.69 Å². The van der Waals surface area contributed by atoms with Gasteiger partial charge in [0.2, 0.25) is 0 Å². The Balaban J connectivity index is 1.23. The first-order valence-electron chi connectivity index (χ1n) is 11.7. The second-order valence-electron chi connectivity index (χ2n) is 9.12. The number of nitrogens with one attached hydrogen (secondary N) is 3. The summed E-state index contributed by atoms with van der Waals surface area (Å²) in [6.45, 7) is 4.37. The Morgan fingerprint density at radius 2 is 1.94 bits per heavy atom. The van der Waals surface area contributed by atoms with Crippen LogP contribution in [0.4, 0.5) is 20.2 Å². The summed E-state index contributed by atoms with van der Waals surface area (Å²) in [6.07, 6.45) is 0.591. The maximum atomic E-state index is 13.2. The third-order valence-corrected chi connectivity index (χ3v) is 7.86. The van der Waals surface area contributed by atoms with Crippen molar-refractivity contribution < 1.29 is 13.6 Å². The molecule has 2 aliphatic rings. The van der Waals surface area contributed by atoms with Gasteiger partial charge in [-0.05, 0) is 55.5 Å². The predicted octanol–water partition coefficient (Wildman–Crippen LogP) is 4.50. The Bertz CT molecular complexity index is 1180. The van der Waals surface area contributed by atoms with E-state index in [0.717, 1.165) is 35.4 Å². The molecule has 2 saturated heterocycles. The van der Waals surface area contributed by atoms with Gasteiger partial charge in [-0.3, -0.25) is 4.79 Å². The molecule has 34 heavy (non-hydrogen) atoms. The number of fused-ring (bicyclic) bond motifs is 3. The van der Waals surface area contributed by atoms with Gasteiger partial charge >= 0.3 is 0 Å². The van der Waals surface area contributed by atoms with Crippen LogP contribution in [0, 0.1) is 6.92 Å². The van der Waals surface area contributed by atoms with Gasteiger partial charge in [0.25, 0.3) is 12.3 Å². The molecule has 0 radical (unpaired) electrons. The Morgan fingerprint density at radius 3 is 2.59 bits per heavy atom. The molecule has 3 N–H and O–H groups in total. The molecule has 0 unspecified atom stereocenters. The molecule has 5 rings (SSSR count). The predicted molar refractivity (Wildman–Crippen MR) is 133 cm³/mol. The van der Waals surface area contributed by atoms with E-state index in [1.165, 1.54) is 24.6 Å². The number of nitrogens with zero attached hydrogens (tertiary/aromatic N) is 2. The van der Waals surface area contributed by atoms with Crippen LogP contribution < -0.4 is 20.9 Å². The molecule has 1 amide bonds. The lowest BCUT2D eigenvalue weighted by molar-refractivity contribution is 0.0959. The van der Waals surface area contributed by atoms with Gasteiger partial charge in [-0.25, -0.2) is 13.8 Å². The van der Waals surface area contributed by atoms with Gasteiger partial charge in [0.15, 0.2) is 0 Å². The smallest absolute Gasteiger partial charge is 0.280 e. The third-order valence-electron chi connectivity index (χ3n) is 6.78. The lowest BCUT2D eigenvalue weighted by Crippen LogP contribution is -2.51. The molecule has 3 aromatic rings. The highest BCUT2D eigenvalue weighted by Crippen LogP contribution is 2.38. The fourth-order valence-electron chi connectivity index (χ4n) is 5.10. The van der Waals surface area contributed by atoms with Crippen LogP contribution in [0.5, 0.6) is 0 Å². The number of amides is 1. The van der Waals surface area contributed by atoms with Crippen molar-refractivity contribution in [2.24, 2.45) is 0 Å². The summed E-state index contributed by atoms with van der Waals surface area (Å²) < 4.78 is 26.3. The number of hydrogen-bond acceptors (Lipinski definition) is 6. The highest BCUT2D eigenvalue weighted by molar-refractivity contribution is 7.21. The topological polar surface area (TPSA) is 69.3 Å². The van der Waals surface area contributed by atoms with E-state index in [0.29, 0.717) is 46.0 Å². The molecule has 0 spiro atoms. The van der Waals surface area contributed by atoms with Gasteiger partial charge in [0.1, 0.15) is 15.4 Å². The number of pyridine rings is 1. The van der Waals surface area contributed by atoms with Crippen molar-refractivity contribution in [2.45, 2.75) is 44.7 Å². The number of alkyl halides is 2. The van der Waals surface area contributed by atoms with Gasteiger partial charge in [-0.2, -0.15) is 0 Å². The van der Waals surface area contributed by atoms with Crippen molar-refractivity contribution in [3.63, 3.8) is 0 Å². The number of rotatable bonds is 7. The number of hydrogen-bond donors (Lipinski definition) is 3. The molecule has 2 aliphatic heterocycles. The van der Waals surface area contributed by atoms with Crippen LogP contribution in [0.3, 0.4) is 0 Å². The number of carbonyl (C=O) groups excluding carboxylic acids is 1. The SMILES string of the molecule is CNc1c(C(=O)NCCc2ccc(N3C[C@H]4CC[C@@H](C3)N4)cc2)sc2nc(C(F)F)cc(C)c12. The van der Waals surface area contributed by atoms with Crippen LogP contribution in [-0.2, 0) is 6.42 Å². The van der Waals surface area contributed by atoms with E-state index >= 15 is 0 Å². The monoisotopic (exact) mass is 485 g/mol. The fourth-order valence-corrected chi connectivity index (χ4v) is 6.28. The van der Waals surface area contributed by atoms with Crippen LogP contribution in [-0.4, -0.2) is 49.7 Å². The van der Waals surface area contributed by atoms with Crippen molar-refractivity contribution >= 4 is 38.8 Å². The fraction of sp³-hybridized carbons (Fsp3) is 0.440. The highest BCUT2D eigenvalue weighted by atomic mass is 32.1. The zero-order valence-corrected chi connectivity index (χ0v) is 20.1. The second kappa shape index (κ2) is 9.46. The van der Waals surface area contributed by atoms with Gasteiger partial charge < -0.3 is 20.9 Å². The van der Waals surface area contributed by atoms with Crippen molar-refractivity contribution in [3.8, 4) is 0 Å². The first-order valence-corrected chi connectivity index (χ1v) is 12.5. The molecule has 9 heteroatoms. The number of carbonyl (C=O) groups is 1. The van der Waals surface area contributed by atoms with E-state index in [9.17, 15) is 13.6 Å². The van der Waals surface area contributed by atoms with Gasteiger partial charge in [0, 0.05) is 49.8 Å². The van der Waals surface area contributed by atoms with Crippen molar-refractivity contribution in [1.82, 2.24) is 15.6 Å². The summed E-state index contributed by atoms with van der Waals surface area (Å²) in [5.74, 6) is -0.224. The molecule has 2 aromatic heterocycles. The minimum Gasteiger partial charge on any atom is -0.386 e. The molecule has 4 heterocycles. The van der Waals surface area contributed by atoms with Crippen LogP contribution in [0.15, 0.2) is 30.3 Å². The highest BCUT2D eigenvalue weighted by Gasteiger charge is 2.32. The van der Waals surface area contributed by atoms with E-state index in [-0.39, 0.29) is 11.6 Å². The average molecular weight is 486 g/mol. The first kappa shape index (κ1) is 23.0. The molecular formula is C25H29F2N5OS. The van der Waals surface area contributed by atoms with E-state index in [4.69, 9.17) is 0 Å². The largest absolute Gasteiger partial charge is 0.386 e. The van der Waals surface area contributed by atoms with E-state index in [1.54, 1.807) is 14.0 Å². The van der Waals surface area contributed by atoms with E-state index in [2.05, 4.69) is 50.1 Å². The number of aryl methyl sites for hydroxylation is 1. The summed E-state index contributed by atoms with van der Waals surface area (Å²) in [6, 6.07) is 11.2. The van der Waals surface area contributed by atoms with Crippen LogP contribution in [0.2, 0.25) is 0 Å². The standard InChI is InChI=1S/C25H29F2N5OS/c1-14-11-19(23(26)27)31-25-20(14)21(28-2)22(34-25)24(33)29-10-9-15-3-7-18(8-4-15)32-12-16-5-6-17(13-32)30-16/h3-4,7-8,11,16-17,23,28,30H,5-6,9-10,12-13H2,1-2H3,(H,29,33)/t16-,17+. The van der Waals surface area contributed by atoms with E-state index in [1.807, 2.05) is 0 Å². The maximum absolute atomic E-state index is 13.2. The number of thiophene rings is 1. The minimum absolute atomic E-state index is 0.224. The Labute approximate surface area is 201 Å². The number of anilines is 2. The number of aromatic nitrogens is 1. The van der Waals surface area contributed by atoms with Crippen LogP contribution >= 0.6 is 11.3 Å². The number of piperazine rings is 1. The molecule has 1 aromatic carbocycles. The zero-order valence-electron chi connectivity index (χ0n) is 19.3. The minimum atomic E-state index is -2.64. The molecule has 2 bridgehead atoms. The summed E-state index contributed by atoms with van der Waals surface area (Å²) in [4.78, 5) is 20.4. The summed E-state index contributed by atoms with van der Waals surface area (Å²) in [5.41, 5.74) is 3.46. The van der Waals surface area contributed by atoms with E-state index < -0.39 is 6.43 Å². The average Bonchev–Trinajstić information content (AvgIpc) is 3.38. The summed E-state index contributed by atoms with van der Waals surface area (Å²) >= 11 is 1.14. The Morgan fingerprint density at radius 1 is 1.24 bits per heavy atom. The Hall–Kier alpha value is -2.78. The third kappa shape index (κ3) is 4.46. The quantitative estimate of drug-likeness (QED) is 0.460. The second-order valence-corrected chi connectivity index (χ2v) is 10.1. The van der Waals surface area contributed by atoms with Crippen molar-refractivity contribution in [1.29, 1.82) is 0 Å². The Kier molecular flexibility index (Phi) is 6.40. The zero-order chi connectivity index (χ0) is 23.8.